The summed E-state index contributed by atoms with van der Waals surface area (Å²) in [4.78, 5) is 13.5. The fourth-order valence-electron chi connectivity index (χ4n) is 2.72. The smallest absolute Gasteiger partial charge is 0.262 e. The summed E-state index contributed by atoms with van der Waals surface area (Å²) in [6.45, 7) is 4.79. The second-order valence-electron chi connectivity index (χ2n) is 5.13. The van der Waals surface area contributed by atoms with Gasteiger partial charge in [-0.05, 0) is 18.9 Å². The monoisotopic (exact) mass is 293 g/mol. The van der Waals surface area contributed by atoms with Crippen LogP contribution in [0.2, 0.25) is 0 Å². The molecule has 2 rings (SSSR count). The van der Waals surface area contributed by atoms with Crippen molar-refractivity contribution in [3.05, 3.63) is 12.1 Å². The van der Waals surface area contributed by atoms with Crippen LogP contribution < -0.4 is 20.7 Å². The molecule has 0 saturated heterocycles. The van der Waals surface area contributed by atoms with Crippen molar-refractivity contribution in [3.8, 4) is 5.75 Å². The molecule has 4 N–H and O–H groups in total. The van der Waals surface area contributed by atoms with Crippen LogP contribution in [0.25, 0.3) is 0 Å². The van der Waals surface area contributed by atoms with Gasteiger partial charge in [0.1, 0.15) is 5.75 Å². The van der Waals surface area contributed by atoms with E-state index in [9.17, 15) is 9.90 Å². The van der Waals surface area contributed by atoms with Gasteiger partial charge in [-0.1, -0.05) is 13.8 Å². The lowest BCUT2D eigenvalue weighted by Gasteiger charge is -2.34. The van der Waals surface area contributed by atoms with Gasteiger partial charge >= 0.3 is 0 Å². The van der Waals surface area contributed by atoms with Crippen LogP contribution in [-0.4, -0.2) is 36.8 Å². The molecule has 0 unspecified atom stereocenters. The third kappa shape index (κ3) is 3.21. The van der Waals surface area contributed by atoms with Crippen molar-refractivity contribution in [2.75, 3.05) is 35.7 Å². The van der Waals surface area contributed by atoms with Crippen molar-refractivity contribution in [1.82, 2.24) is 0 Å². The summed E-state index contributed by atoms with van der Waals surface area (Å²) in [5.41, 5.74) is 8.18. The van der Waals surface area contributed by atoms with Gasteiger partial charge in [0, 0.05) is 18.7 Å². The first kappa shape index (κ1) is 15.4. The Labute approximate surface area is 124 Å². The quantitative estimate of drug-likeness (QED) is 0.693. The van der Waals surface area contributed by atoms with Gasteiger partial charge in [-0.3, -0.25) is 4.79 Å². The van der Waals surface area contributed by atoms with Gasteiger partial charge in [0.05, 0.1) is 23.7 Å². The number of carbonyl (C=O) groups excluding carboxylic acids is 1. The molecule has 1 aromatic rings. The number of aliphatic hydroxyl groups is 1. The predicted molar refractivity (Wildman–Crippen MR) is 83.8 cm³/mol. The molecule has 0 atom stereocenters. The molecule has 1 amide bonds. The number of aliphatic hydroxyl groups excluding tert-OH is 1. The van der Waals surface area contributed by atoms with E-state index in [1.807, 2.05) is 6.07 Å². The van der Waals surface area contributed by atoms with E-state index in [-0.39, 0.29) is 25.2 Å². The highest BCUT2D eigenvalue weighted by Crippen LogP contribution is 2.38. The summed E-state index contributed by atoms with van der Waals surface area (Å²) in [5.74, 6) is 0.416. The van der Waals surface area contributed by atoms with Crippen LogP contribution in [0.4, 0.5) is 17.1 Å². The molecule has 0 radical (unpaired) electrons. The minimum absolute atomic E-state index is 0.0126. The number of nitrogens with one attached hydrogen (secondary N) is 1. The van der Waals surface area contributed by atoms with E-state index in [0.29, 0.717) is 23.7 Å². The van der Waals surface area contributed by atoms with Crippen molar-refractivity contribution in [2.45, 2.75) is 32.7 Å². The maximum atomic E-state index is 11.4. The molecule has 0 aliphatic carbocycles. The van der Waals surface area contributed by atoms with Crippen molar-refractivity contribution in [3.63, 3.8) is 0 Å². The Hall–Kier alpha value is -1.95. The molecule has 0 fully saturated rings. The zero-order valence-corrected chi connectivity index (χ0v) is 12.6. The van der Waals surface area contributed by atoms with Crippen molar-refractivity contribution < 1.29 is 14.6 Å². The normalized spacial score (nSPS) is 13.6. The first-order valence-corrected chi connectivity index (χ1v) is 7.34. The van der Waals surface area contributed by atoms with E-state index in [2.05, 4.69) is 24.1 Å². The first-order chi connectivity index (χ1) is 10.1. The predicted octanol–water partition coefficient (Wildman–Crippen LogP) is 1.59. The fourth-order valence-corrected chi connectivity index (χ4v) is 2.72. The number of fused-ring (bicyclic) bond motifs is 1. The number of hydrogen-bond donors (Lipinski definition) is 3. The number of rotatable bonds is 6. The van der Waals surface area contributed by atoms with Crippen LogP contribution in [-0.2, 0) is 4.79 Å². The maximum Gasteiger partial charge on any atom is 0.262 e. The zero-order valence-electron chi connectivity index (χ0n) is 12.6. The second kappa shape index (κ2) is 6.67. The standard InChI is InChI=1S/C15H23N3O3/c1-3-10(4-2)18(5-6-19)13-8-12-14(7-11(13)16)21-9-15(20)17-12/h7-8,10,19H,3-6,9,16H2,1-2H3,(H,17,20). The maximum absolute atomic E-state index is 11.4. The Bertz CT molecular complexity index is 515. The molecule has 1 heterocycles. The fraction of sp³-hybridized carbons (Fsp3) is 0.533. The van der Waals surface area contributed by atoms with Crippen LogP contribution in [0, 0.1) is 0 Å². The molecule has 21 heavy (non-hydrogen) atoms. The van der Waals surface area contributed by atoms with Crippen molar-refractivity contribution >= 4 is 23.0 Å². The zero-order chi connectivity index (χ0) is 15.4. The van der Waals surface area contributed by atoms with Gasteiger partial charge in [-0.25, -0.2) is 0 Å². The van der Waals surface area contributed by atoms with E-state index < -0.39 is 0 Å². The molecule has 1 aliphatic rings. The van der Waals surface area contributed by atoms with E-state index in [1.165, 1.54) is 0 Å². The molecular formula is C15H23N3O3. The van der Waals surface area contributed by atoms with E-state index in [4.69, 9.17) is 10.5 Å². The molecule has 116 valence electrons. The Kier molecular flexibility index (Phi) is 4.90. The summed E-state index contributed by atoms with van der Waals surface area (Å²) in [6, 6.07) is 3.85. The topological polar surface area (TPSA) is 87.8 Å². The highest BCUT2D eigenvalue weighted by molar-refractivity contribution is 5.97. The van der Waals surface area contributed by atoms with E-state index in [0.717, 1.165) is 18.5 Å². The van der Waals surface area contributed by atoms with Crippen LogP contribution in [0.1, 0.15) is 26.7 Å². The SMILES string of the molecule is CCC(CC)N(CCO)c1cc2c(cc1N)OCC(=O)N2. The Morgan fingerprint density at radius 3 is 2.76 bits per heavy atom. The molecule has 0 spiro atoms. The lowest BCUT2D eigenvalue weighted by Crippen LogP contribution is -2.37. The summed E-state index contributed by atoms with van der Waals surface area (Å²) < 4.78 is 5.36. The van der Waals surface area contributed by atoms with Crippen LogP contribution in [0.15, 0.2) is 12.1 Å². The second-order valence-corrected chi connectivity index (χ2v) is 5.13. The molecule has 6 nitrogen and oxygen atoms in total. The minimum Gasteiger partial charge on any atom is -0.482 e. The number of carbonyl (C=O) groups is 1. The Morgan fingerprint density at radius 1 is 1.43 bits per heavy atom. The molecule has 1 aromatic carbocycles. The number of hydrogen-bond acceptors (Lipinski definition) is 5. The third-order valence-corrected chi connectivity index (χ3v) is 3.80. The summed E-state index contributed by atoms with van der Waals surface area (Å²) in [7, 11) is 0. The average molecular weight is 293 g/mol. The highest BCUT2D eigenvalue weighted by atomic mass is 16.5. The summed E-state index contributed by atoms with van der Waals surface area (Å²) >= 11 is 0. The van der Waals surface area contributed by atoms with E-state index >= 15 is 0 Å². The van der Waals surface area contributed by atoms with Gasteiger partial charge < -0.3 is 25.8 Å². The van der Waals surface area contributed by atoms with Gasteiger partial charge in [-0.2, -0.15) is 0 Å². The van der Waals surface area contributed by atoms with Crippen molar-refractivity contribution in [1.29, 1.82) is 0 Å². The van der Waals surface area contributed by atoms with Crippen LogP contribution in [0.5, 0.6) is 5.75 Å². The van der Waals surface area contributed by atoms with Gasteiger partial charge in [0.15, 0.2) is 6.61 Å². The number of benzene rings is 1. The average Bonchev–Trinajstić information content (AvgIpc) is 2.47. The molecular weight excluding hydrogens is 270 g/mol. The molecule has 0 aromatic heterocycles. The number of nitrogen functional groups attached to an aromatic ring is 1. The molecule has 0 bridgehead atoms. The first-order valence-electron chi connectivity index (χ1n) is 7.34. The van der Waals surface area contributed by atoms with Crippen LogP contribution in [0.3, 0.4) is 0 Å². The number of nitrogens with zero attached hydrogens (tertiary/aromatic N) is 1. The van der Waals surface area contributed by atoms with E-state index in [1.54, 1.807) is 6.07 Å². The number of ether oxygens (including phenoxy) is 1. The van der Waals surface area contributed by atoms with Gasteiger partial charge in [-0.15, -0.1) is 0 Å². The molecule has 6 heteroatoms. The van der Waals surface area contributed by atoms with Gasteiger partial charge in [0.2, 0.25) is 0 Å². The molecule has 0 saturated carbocycles. The van der Waals surface area contributed by atoms with Crippen molar-refractivity contribution in [2.24, 2.45) is 0 Å². The van der Waals surface area contributed by atoms with Crippen LogP contribution >= 0.6 is 0 Å². The highest BCUT2D eigenvalue weighted by Gasteiger charge is 2.22. The summed E-state index contributed by atoms with van der Waals surface area (Å²) in [6.07, 6.45) is 1.91. The Balaban J connectivity index is 2.40. The largest absolute Gasteiger partial charge is 0.482 e. The minimum atomic E-state index is -0.172. The summed E-state index contributed by atoms with van der Waals surface area (Å²) in [5, 5.41) is 12.1. The number of nitrogens with two attached hydrogens (primary N) is 1. The molecule has 1 aliphatic heterocycles. The lowest BCUT2D eigenvalue weighted by molar-refractivity contribution is -0.118. The lowest BCUT2D eigenvalue weighted by atomic mass is 10.1. The number of anilines is 3. The Morgan fingerprint density at radius 2 is 2.14 bits per heavy atom. The number of amides is 1. The third-order valence-electron chi connectivity index (χ3n) is 3.80. The van der Waals surface area contributed by atoms with Gasteiger partial charge in [0.25, 0.3) is 5.91 Å².